The van der Waals surface area contributed by atoms with Crippen LogP contribution in [-0.4, -0.2) is 21.4 Å². The highest BCUT2D eigenvalue weighted by Gasteiger charge is 2.37. The van der Waals surface area contributed by atoms with Gasteiger partial charge in [-0.15, -0.1) is 10.2 Å². The van der Waals surface area contributed by atoms with Gasteiger partial charge in [-0.3, -0.25) is 4.39 Å². The summed E-state index contributed by atoms with van der Waals surface area (Å²) in [5.41, 5.74) is 0. The van der Waals surface area contributed by atoms with Crippen LogP contribution in [-0.2, 0) is 19.6 Å². The van der Waals surface area contributed by atoms with Crippen molar-refractivity contribution in [2.24, 2.45) is 7.05 Å². The summed E-state index contributed by atoms with van der Waals surface area (Å²) in [6.07, 6.45) is -4.68. The summed E-state index contributed by atoms with van der Waals surface area (Å²) in [4.78, 5) is 0. The summed E-state index contributed by atoms with van der Waals surface area (Å²) in [6.45, 7) is -0.746. The van der Waals surface area contributed by atoms with Crippen LogP contribution >= 0.6 is 0 Å². The lowest BCUT2D eigenvalue weighted by molar-refractivity contribution is -0.147. The average Bonchev–Trinajstić information content (AvgIpc) is 2.32. The molecular formula is C6H7F4N3. The number of aromatic nitrogens is 3. The van der Waals surface area contributed by atoms with E-state index < -0.39 is 18.7 Å². The molecule has 0 aromatic carbocycles. The molecule has 0 atom stereocenters. The molecule has 0 aliphatic carbocycles. The van der Waals surface area contributed by atoms with Crippen molar-refractivity contribution >= 4 is 0 Å². The predicted molar refractivity (Wildman–Crippen MR) is 35.7 cm³/mol. The molecule has 0 N–H and O–H groups in total. The van der Waals surface area contributed by atoms with Gasteiger partial charge in [0.05, 0.1) is 6.67 Å². The normalized spacial score (nSPS) is 12.1. The highest BCUT2D eigenvalue weighted by Crippen LogP contribution is 2.27. The second-order valence-corrected chi connectivity index (χ2v) is 2.44. The Hall–Kier alpha value is -1.14. The van der Waals surface area contributed by atoms with Crippen LogP contribution in [0, 0.1) is 0 Å². The van der Waals surface area contributed by atoms with Crippen molar-refractivity contribution in [1.29, 1.82) is 0 Å². The first-order valence-electron chi connectivity index (χ1n) is 3.48. The van der Waals surface area contributed by atoms with E-state index in [1.54, 1.807) is 0 Å². The molecule has 0 radical (unpaired) electrons. The third-order valence-corrected chi connectivity index (χ3v) is 1.54. The summed E-state index contributed by atoms with van der Waals surface area (Å²) >= 11 is 0. The van der Waals surface area contributed by atoms with Crippen LogP contribution < -0.4 is 0 Å². The average molecular weight is 197 g/mol. The SMILES string of the molecule is Cn1c(CCF)nnc1C(F)(F)F. The molecule has 74 valence electrons. The first-order valence-corrected chi connectivity index (χ1v) is 3.48. The zero-order chi connectivity index (χ0) is 10.1. The zero-order valence-electron chi connectivity index (χ0n) is 6.77. The predicted octanol–water partition coefficient (Wildman–Crippen LogP) is 1.35. The van der Waals surface area contributed by atoms with E-state index in [4.69, 9.17) is 0 Å². The van der Waals surface area contributed by atoms with Crippen molar-refractivity contribution in [3.05, 3.63) is 11.6 Å². The van der Waals surface area contributed by atoms with Crippen LogP contribution in [0.25, 0.3) is 0 Å². The summed E-state index contributed by atoms with van der Waals surface area (Å²) in [7, 11) is 1.16. The Morgan fingerprint density at radius 3 is 2.31 bits per heavy atom. The van der Waals surface area contributed by atoms with Crippen LogP contribution in [0.1, 0.15) is 11.6 Å². The maximum absolute atomic E-state index is 12.1. The molecule has 0 bridgehead atoms. The summed E-state index contributed by atoms with van der Waals surface area (Å²) in [6, 6.07) is 0. The van der Waals surface area contributed by atoms with E-state index >= 15 is 0 Å². The highest BCUT2D eigenvalue weighted by atomic mass is 19.4. The third-order valence-electron chi connectivity index (χ3n) is 1.54. The second kappa shape index (κ2) is 3.31. The van der Waals surface area contributed by atoms with Gasteiger partial charge in [0.25, 0.3) is 0 Å². The number of nitrogens with zero attached hydrogens (tertiary/aromatic N) is 3. The molecule has 0 aliphatic rings. The molecule has 0 spiro atoms. The molecule has 0 unspecified atom stereocenters. The lowest BCUT2D eigenvalue weighted by atomic mass is 10.4. The number of alkyl halides is 4. The lowest BCUT2D eigenvalue weighted by Gasteiger charge is -2.05. The van der Waals surface area contributed by atoms with Gasteiger partial charge in [0.15, 0.2) is 0 Å². The van der Waals surface area contributed by atoms with Gasteiger partial charge in [0.2, 0.25) is 5.82 Å². The third kappa shape index (κ3) is 1.96. The van der Waals surface area contributed by atoms with Crippen LogP contribution in [0.4, 0.5) is 17.6 Å². The number of rotatable bonds is 2. The number of hydrogen-bond acceptors (Lipinski definition) is 2. The quantitative estimate of drug-likeness (QED) is 0.670. The van der Waals surface area contributed by atoms with Gasteiger partial charge >= 0.3 is 6.18 Å². The van der Waals surface area contributed by atoms with Gasteiger partial charge < -0.3 is 4.57 Å². The Bertz CT molecular complexity index is 291. The van der Waals surface area contributed by atoms with Crippen molar-refractivity contribution in [1.82, 2.24) is 14.8 Å². The van der Waals surface area contributed by atoms with E-state index in [1.165, 1.54) is 0 Å². The number of hydrogen-bond donors (Lipinski definition) is 0. The van der Waals surface area contributed by atoms with E-state index in [9.17, 15) is 17.6 Å². The first kappa shape index (κ1) is 9.94. The van der Waals surface area contributed by atoms with E-state index in [0.717, 1.165) is 11.6 Å². The monoisotopic (exact) mass is 197 g/mol. The zero-order valence-corrected chi connectivity index (χ0v) is 6.77. The molecule has 0 amide bonds. The largest absolute Gasteiger partial charge is 0.451 e. The second-order valence-electron chi connectivity index (χ2n) is 2.44. The van der Waals surface area contributed by atoms with Crippen molar-refractivity contribution < 1.29 is 17.6 Å². The van der Waals surface area contributed by atoms with Crippen LogP contribution in [0.3, 0.4) is 0 Å². The minimum absolute atomic E-state index is 0.00479. The fourth-order valence-electron chi connectivity index (χ4n) is 0.911. The van der Waals surface area contributed by atoms with E-state index in [1.807, 2.05) is 0 Å². The summed E-state index contributed by atoms with van der Waals surface area (Å²) in [5.74, 6) is -1.11. The maximum atomic E-state index is 12.1. The van der Waals surface area contributed by atoms with Crippen molar-refractivity contribution in [2.75, 3.05) is 6.67 Å². The Morgan fingerprint density at radius 2 is 1.92 bits per heavy atom. The lowest BCUT2D eigenvalue weighted by Crippen LogP contribution is -2.14. The Morgan fingerprint density at radius 1 is 1.31 bits per heavy atom. The van der Waals surface area contributed by atoms with Crippen molar-refractivity contribution in [2.45, 2.75) is 12.6 Å². The van der Waals surface area contributed by atoms with Gasteiger partial charge in [-0.05, 0) is 0 Å². The summed E-state index contributed by atoms with van der Waals surface area (Å²) in [5, 5.41) is 6.15. The van der Waals surface area contributed by atoms with Crippen LogP contribution in [0.2, 0.25) is 0 Å². The number of aryl methyl sites for hydroxylation is 1. The van der Waals surface area contributed by atoms with Gasteiger partial charge in [-0.1, -0.05) is 0 Å². The fourth-order valence-corrected chi connectivity index (χ4v) is 0.911. The standard InChI is InChI=1S/C6H7F4N3/c1-13-4(2-3-7)11-12-5(13)6(8,9)10/h2-3H2,1H3. The molecule has 1 rings (SSSR count). The molecule has 0 saturated carbocycles. The maximum Gasteiger partial charge on any atom is 0.451 e. The first-order chi connectivity index (χ1) is 5.96. The van der Waals surface area contributed by atoms with E-state index in [-0.39, 0.29) is 12.2 Å². The van der Waals surface area contributed by atoms with Gasteiger partial charge in [-0.2, -0.15) is 13.2 Å². The highest BCUT2D eigenvalue weighted by molar-refractivity contribution is 4.98. The minimum Gasteiger partial charge on any atom is -0.310 e. The smallest absolute Gasteiger partial charge is 0.310 e. The summed E-state index contributed by atoms with van der Waals surface area (Å²) < 4.78 is 48.8. The molecule has 1 aromatic rings. The Balaban J connectivity index is 2.99. The fraction of sp³-hybridized carbons (Fsp3) is 0.667. The molecule has 3 nitrogen and oxygen atoms in total. The van der Waals surface area contributed by atoms with Crippen LogP contribution in [0.15, 0.2) is 0 Å². The molecule has 7 heteroatoms. The Kier molecular flexibility index (Phi) is 2.53. The van der Waals surface area contributed by atoms with Gasteiger partial charge in [0, 0.05) is 13.5 Å². The molecule has 13 heavy (non-hydrogen) atoms. The van der Waals surface area contributed by atoms with Crippen molar-refractivity contribution in [3.8, 4) is 0 Å². The molecule has 1 heterocycles. The molecule has 0 saturated heterocycles. The number of halogens is 4. The molecule has 0 fully saturated rings. The van der Waals surface area contributed by atoms with Crippen molar-refractivity contribution in [3.63, 3.8) is 0 Å². The van der Waals surface area contributed by atoms with E-state index in [0.29, 0.717) is 0 Å². The van der Waals surface area contributed by atoms with Crippen LogP contribution in [0.5, 0.6) is 0 Å². The topological polar surface area (TPSA) is 30.7 Å². The molecule has 0 aliphatic heterocycles. The minimum atomic E-state index is -4.53. The van der Waals surface area contributed by atoms with Gasteiger partial charge in [0.1, 0.15) is 5.82 Å². The van der Waals surface area contributed by atoms with E-state index in [2.05, 4.69) is 10.2 Å². The Labute approximate surface area is 71.4 Å². The molecular weight excluding hydrogens is 190 g/mol. The van der Waals surface area contributed by atoms with Gasteiger partial charge in [-0.25, -0.2) is 0 Å². The molecule has 1 aromatic heterocycles.